The summed E-state index contributed by atoms with van der Waals surface area (Å²) in [5, 5.41) is 8.32. The highest BCUT2D eigenvalue weighted by Crippen LogP contribution is 2.31. The van der Waals surface area contributed by atoms with Gasteiger partial charge >= 0.3 is 0 Å². The van der Waals surface area contributed by atoms with Crippen LogP contribution in [0.5, 0.6) is 0 Å². The first-order valence-electron chi connectivity index (χ1n) is 9.35. The number of rotatable bonds is 4. The normalized spacial score (nSPS) is 14.3. The monoisotopic (exact) mass is 382 g/mol. The van der Waals surface area contributed by atoms with E-state index < -0.39 is 11.6 Å². The lowest BCUT2D eigenvalue weighted by molar-refractivity contribution is -0.132. The number of hydrogen-bond donors (Lipinski definition) is 0. The summed E-state index contributed by atoms with van der Waals surface area (Å²) < 4.78 is 29.1. The van der Waals surface area contributed by atoms with Crippen LogP contribution in [0.4, 0.5) is 8.78 Å². The minimum absolute atomic E-state index is 0.00810. The van der Waals surface area contributed by atoms with Gasteiger partial charge < -0.3 is 4.90 Å². The summed E-state index contributed by atoms with van der Waals surface area (Å²) in [5.74, 6) is -0.854. The van der Waals surface area contributed by atoms with Crippen molar-refractivity contribution in [2.45, 2.75) is 25.8 Å². The number of likely N-dealkylation sites (tertiary alicyclic amines) is 1. The number of nitrogens with zero attached hydrogens (tertiary/aromatic N) is 4. The quantitative estimate of drug-likeness (QED) is 0.688. The molecule has 1 fully saturated rings. The molecule has 1 aliphatic rings. The topological polar surface area (TPSA) is 51.0 Å². The van der Waals surface area contributed by atoms with E-state index in [9.17, 15) is 13.6 Å². The fraction of sp³-hybridized carbons (Fsp3) is 0.286. The van der Waals surface area contributed by atoms with Crippen LogP contribution < -0.4 is 0 Å². The van der Waals surface area contributed by atoms with Crippen molar-refractivity contribution in [1.82, 2.24) is 19.9 Å². The third-order valence-electron chi connectivity index (χ3n) is 4.93. The van der Waals surface area contributed by atoms with Crippen molar-refractivity contribution in [2.75, 3.05) is 13.1 Å². The summed E-state index contributed by atoms with van der Waals surface area (Å²) in [5.41, 5.74) is 1.97. The van der Waals surface area contributed by atoms with Crippen molar-refractivity contribution in [3.05, 3.63) is 60.2 Å². The Balaban J connectivity index is 1.75. The first-order chi connectivity index (χ1) is 13.6. The van der Waals surface area contributed by atoms with Crippen LogP contribution in [0.3, 0.4) is 0 Å². The van der Waals surface area contributed by atoms with Crippen molar-refractivity contribution in [1.29, 1.82) is 0 Å². The highest BCUT2D eigenvalue weighted by Gasteiger charge is 2.22. The van der Waals surface area contributed by atoms with E-state index in [0.717, 1.165) is 32.4 Å². The highest BCUT2D eigenvalue weighted by molar-refractivity contribution is 5.81. The second-order valence-corrected chi connectivity index (χ2v) is 6.91. The van der Waals surface area contributed by atoms with Crippen molar-refractivity contribution in [3.63, 3.8) is 0 Å². The fourth-order valence-corrected chi connectivity index (χ4v) is 3.55. The SMILES string of the molecule is O=C(Cn1nnc(-c2cccc(F)c2)c1-c1cccc(F)c1)N1CCCCC1. The molecular formula is C21H20F2N4O. The van der Waals surface area contributed by atoms with Gasteiger partial charge in [-0.25, -0.2) is 13.5 Å². The first-order valence-corrected chi connectivity index (χ1v) is 9.35. The number of benzene rings is 2. The largest absolute Gasteiger partial charge is 0.341 e. The Kier molecular flexibility index (Phi) is 5.14. The van der Waals surface area contributed by atoms with E-state index in [4.69, 9.17) is 0 Å². The lowest BCUT2D eigenvalue weighted by Gasteiger charge is -2.26. The molecule has 2 aromatic carbocycles. The number of carbonyl (C=O) groups excluding carboxylic acids is 1. The smallest absolute Gasteiger partial charge is 0.244 e. The average molecular weight is 382 g/mol. The molecule has 0 unspecified atom stereocenters. The van der Waals surface area contributed by atoms with Crippen LogP contribution in [0, 0.1) is 11.6 Å². The Morgan fingerprint density at radius 1 is 0.929 bits per heavy atom. The van der Waals surface area contributed by atoms with Gasteiger partial charge in [-0.05, 0) is 43.5 Å². The van der Waals surface area contributed by atoms with Gasteiger partial charge in [-0.3, -0.25) is 4.79 Å². The summed E-state index contributed by atoms with van der Waals surface area (Å²) in [6, 6.07) is 12.0. The molecule has 0 N–H and O–H groups in total. The minimum atomic E-state index is -0.405. The molecule has 0 aliphatic carbocycles. The molecular weight excluding hydrogens is 362 g/mol. The molecule has 1 aromatic heterocycles. The van der Waals surface area contributed by atoms with Gasteiger partial charge in [0.1, 0.15) is 23.9 Å². The van der Waals surface area contributed by atoms with E-state index in [1.807, 2.05) is 4.90 Å². The maximum atomic E-state index is 13.9. The number of piperidine rings is 1. The Morgan fingerprint density at radius 3 is 2.25 bits per heavy atom. The molecule has 1 saturated heterocycles. The summed E-state index contributed by atoms with van der Waals surface area (Å²) in [6.45, 7) is 1.48. The standard InChI is InChI=1S/C21H20F2N4O/c22-17-8-4-6-15(12-17)20-21(16-7-5-9-18(23)13-16)27(25-24-20)14-19(28)26-10-2-1-3-11-26/h4-9,12-13H,1-3,10-11,14H2. The third-order valence-corrected chi connectivity index (χ3v) is 4.93. The van der Waals surface area contributed by atoms with Gasteiger partial charge in [0.05, 0.1) is 5.69 Å². The summed E-state index contributed by atoms with van der Waals surface area (Å²) >= 11 is 0. The Labute approximate surface area is 161 Å². The second-order valence-electron chi connectivity index (χ2n) is 6.91. The summed E-state index contributed by atoms with van der Waals surface area (Å²) in [4.78, 5) is 14.5. The van der Waals surface area contributed by atoms with Crippen LogP contribution in [0.15, 0.2) is 48.5 Å². The lowest BCUT2D eigenvalue weighted by Crippen LogP contribution is -2.38. The van der Waals surface area contributed by atoms with Crippen molar-refractivity contribution < 1.29 is 13.6 Å². The number of aromatic nitrogens is 3. The molecule has 0 saturated carbocycles. The van der Waals surface area contributed by atoms with Crippen LogP contribution in [0.2, 0.25) is 0 Å². The van der Waals surface area contributed by atoms with E-state index in [2.05, 4.69) is 10.3 Å². The molecule has 7 heteroatoms. The van der Waals surface area contributed by atoms with Crippen molar-refractivity contribution >= 4 is 5.91 Å². The molecule has 0 bridgehead atoms. The molecule has 144 valence electrons. The predicted molar refractivity (Wildman–Crippen MR) is 101 cm³/mol. The van der Waals surface area contributed by atoms with Gasteiger partial charge in [-0.15, -0.1) is 5.10 Å². The molecule has 1 aliphatic heterocycles. The Morgan fingerprint density at radius 2 is 1.57 bits per heavy atom. The average Bonchev–Trinajstić information content (AvgIpc) is 3.12. The van der Waals surface area contributed by atoms with Gasteiger partial charge in [-0.2, -0.15) is 0 Å². The molecule has 0 spiro atoms. The third kappa shape index (κ3) is 3.78. The van der Waals surface area contributed by atoms with Crippen LogP contribution in [-0.4, -0.2) is 38.9 Å². The lowest BCUT2D eigenvalue weighted by atomic mass is 10.0. The molecule has 3 aromatic rings. The van der Waals surface area contributed by atoms with E-state index in [0.29, 0.717) is 22.5 Å². The van der Waals surface area contributed by atoms with Crippen molar-refractivity contribution in [2.24, 2.45) is 0 Å². The van der Waals surface area contributed by atoms with Crippen LogP contribution in [0.25, 0.3) is 22.5 Å². The second kappa shape index (κ2) is 7.88. The maximum Gasteiger partial charge on any atom is 0.244 e. The van der Waals surface area contributed by atoms with Gasteiger partial charge in [0.2, 0.25) is 5.91 Å². The summed E-state index contributed by atoms with van der Waals surface area (Å²) in [6.07, 6.45) is 3.12. The molecule has 5 nitrogen and oxygen atoms in total. The van der Waals surface area contributed by atoms with Crippen LogP contribution >= 0.6 is 0 Å². The zero-order valence-electron chi connectivity index (χ0n) is 15.3. The molecule has 4 rings (SSSR count). The fourth-order valence-electron chi connectivity index (χ4n) is 3.55. The zero-order valence-corrected chi connectivity index (χ0v) is 15.3. The van der Waals surface area contributed by atoms with Crippen LogP contribution in [-0.2, 0) is 11.3 Å². The number of hydrogen-bond acceptors (Lipinski definition) is 3. The number of carbonyl (C=O) groups is 1. The predicted octanol–water partition coefficient (Wildman–Crippen LogP) is 3.90. The number of halogens is 2. The van der Waals surface area contributed by atoms with Crippen LogP contribution in [0.1, 0.15) is 19.3 Å². The van der Waals surface area contributed by atoms with Crippen molar-refractivity contribution in [3.8, 4) is 22.5 Å². The Hall–Kier alpha value is -3.09. The van der Waals surface area contributed by atoms with Gasteiger partial charge in [0, 0.05) is 24.2 Å². The number of amides is 1. The first kappa shape index (κ1) is 18.3. The molecule has 28 heavy (non-hydrogen) atoms. The molecule has 0 radical (unpaired) electrons. The highest BCUT2D eigenvalue weighted by atomic mass is 19.1. The Bertz CT molecular complexity index is 996. The molecule has 1 amide bonds. The minimum Gasteiger partial charge on any atom is -0.341 e. The van der Waals surface area contributed by atoms with Gasteiger partial charge in [0.15, 0.2) is 0 Å². The molecule has 2 heterocycles. The van der Waals surface area contributed by atoms with E-state index in [1.165, 1.54) is 28.9 Å². The maximum absolute atomic E-state index is 13.9. The van der Waals surface area contributed by atoms with Gasteiger partial charge in [0.25, 0.3) is 0 Å². The van der Waals surface area contributed by atoms with E-state index in [-0.39, 0.29) is 12.5 Å². The van der Waals surface area contributed by atoms with Gasteiger partial charge in [-0.1, -0.05) is 29.5 Å². The zero-order chi connectivity index (χ0) is 19.5. The molecule has 0 atom stereocenters. The summed E-state index contributed by atoms with van der Waals surface area (Å²) in [7, 11) is 0. The van der Waals surface area contributed by atoms with E-state index in [1.54, 1.807) is 24.3 Å². The van der Waals surface area contributed by atoms with E-state index >= 15 is 0 Å².